The Hall–Kier alpha value is -0.520. The number of hydrogen-bond acceptors (Lipinski definition) is 2. The Balaban J connectivity index is 2.70. The van der Waals surface area contributed by atoms with Gasteiger partial charge in [0.15, 0.2) is 0 Å². The number of nitrogens with two attached hydrogens (primary N) is 1. The second kappa shape index (κ2) is 7.16. The monoisotopic (exact) mass is 321 g/mol. The lowest BCUT2D eigenvalue weighted by molar-refractivity contribution is 0.152. The van der Waals surface area contributed by atoms with E-state index in [0.29, 0.717) is 13.0 Å². The fraction of sp³-hybridized carbons (Fsp3) is 0.538. The Morgan fingerprint density at radius 3 is 2.67 bits per heavy atom. The number of halogens is 3. The molecule has 18 heavy (non-hydrogen) atoms. The summed E-state index contributed by atoms with van der Waals surface area (Å²) in [5.74, 6) is -0.848. The Kier molecular flexibility index (Phi) is 6.18. The summed E-state index contributed by atoms with van der Waals surface area (Å²) in [6, 6.07) is 2.31. The topological polar surface area (TPSA) is 35.2 Å². The van der Waals surface area contributed by atoms with Crippen LogP contribution in [0.4, 0.5) is 8.78 Å². The van der Waals surface area contributed by atoms with Gasteiger partial charge in [-0.25, -0.2) is 8.78 Å². The molecule has 2 atom stereocenters. The van der Waals surface area contributed by atoms with Crippen molar-refractivity contribution in [2.45, 2.75) is 25.8 Å². The molecule has 1 aromatic rings. The van der Waals surface area contributed by atoms with E-state index in [2.05, 4.69) is 15.9 Å². The van der Waals surface area contributed by atoms with E-state index in [-0.39, 0.29) is 28.4 Å². The Bertz CT molecular complexity index is 401. The van der Waals surface area contributed by atoms with E-state index in [0.717, 1.165) is 0 Å². The fourth-order valence-corrected chi connectivity index (χ4v) is 2.34. The van der Waals surface area contributed by atoms with Crippen LogP contribution in [0.3, 0.4) is 0 Å². The Labute approximate surface area is 115 Å². The lowest BCUT2D eigenvalue weighted by Gasteiger charge is -2.17. The molecule has 5 heteroatoms. The minimum absolute atomic E-state index is 0.0430. The second-order valence-corrected chi connectivity index (χ2v) is 5.44. The molecule has 0 saturated heterocycles. The van der Waals surface area contributed by atoms with Crippen LogP contribution in [0.2, 0.25) is 0 Å². The minimum Gasteiger partial charge on any atom is -0.384 e. The molecule has 0 spiro atoms. The maximum absolute atomic E-state index is 13.7. The molecule has 0 amide bonds. The van der Waals surface area contributed by atoms with Gasteiger partial charge in [0.2, 0.25) is 0 Å². The van der Waals surface area contributed by atoms with Crippen LogP contribution in [0, 0.1) is 17.6 Å². The third-order valence-electron chi connectivity index (χ3n) is 2.76. The zero-order valence-electron chi connectivity index (χ0n) is 10.6. The molecule has 2 unspecified atom stereocenters. The van der Waals surface area contributed by atoms with Gasteiger partial charge in [0.1, 0.15) is 11.6 Å². The second-order valence-electron chi connectivity index (χ2n) is 4.58. The molecular formula is C13H18BrF2NO. The normalized spacial score (nSPS) is 14.6. The van der Waals surface area contributed by atoms with Crippen LogP contribution < -0.4 is 5.73 Å². The molecule has 1 aromatic carbocycles. The molecule has 0 aliphatic rings. The van der Waals surface area contributed by atoms with Crippen molar-refractivity contribution in [2.24, 2.45) is 11.7 Å². The van der Waals surface area contributed by atoms with E-state index < -0.39 is 11.6 Å². The molecule has 1 rings (SSSR count). The predicted octanol–water partition coefficient (Wildman–Crippen LogP) is 3.27. The highest BCUT2D eigenvalue weighted by Crippen LogP contribution is 2.23. The number of rotatable bonds is 6. The highest BCUT2D eigenvalue weighted by Gasteiger charge is 2.17. The van der Waals surface area contributed by atoms with Crippen molar-refractivity contribution in [2.75, 3.05) is 13.7 Å². The highest BCUT2D eigenvalue weighted by atomic mass is 79.9. The average Bonchev–Trinajstić information content (AvgIpc) is 2.30. The zero-order chi connectivity index (χ0) is 13.7. The summed E-state index contributed by atoms with van der Waals surface area (Å²) in [4.78, 5) is 0. The van der Waals surface area contributed by atoms with Gasteiger partial charge in [0.05, 0.1) is 4.47 Å². The average molecular weight is 322 g/mol. The molecule has 0 saturated carbocycles. The maximum Gasteiger partial charge on any atom is 0.143 e. The van der Waals surface area contributed by atoms with E-state index in [9.17, 15) is 8.78 Å². The molecule has 0 aromatic heterocycles. The van der Waals surface area contributed by atoms with Crippen molar-refractivity contribution < 1.29 is 13.5 Å². The predicted molar refractivity (Wildman–Crippen MR) is 71.4 cm³/mol. The Morgan fingerprint density at radius 1 is 1.39 bits per heavy atom. The summed E-state index contributed by atoms with van der Waals surface area (Å²) >= 11 is 3.04. The molecule has 0 fully saturated rings. The van der Waals surface area contributed by atoms with E-state index in [1.807, 2.05) is 6.92 Å². The van der Waals surface area contributed by atoms with Gasteiger partial charge in [-0.1, -0.05) is 6.92 Å². The molecular weight excluding hydrogens is 304 g/mol. The number of hydrogen-bond donors (Lipinski definition) is 1. The molecule has 0 aliphatic carbocycles. The van der Waals surface area contributed by atoms with Gasteiger partial charge in [0, 0.05) is 25.3 Å². The van der Waals surface area contributed by atoms with Gasteiger partial charge >= 0.3 is 0 Å². The first-order chi connectivity index (χ1) is 8.45. The molecule has 0 radical (unpaired) electrons. The first-order valence-electron chi connectivity index (χ1n) is 5.82. The van der Waals surface area contributed by atoms with Crippen molar-refractivity contribution in [1.29, 1.82) is 0 Å². The van der Waals surface area contributed by atoms with Crippen molar-refractivity contribution in [3.63, 3.8) is 0 Å². The SMILES string of the molecule is COCC(C)CC(N)Cc1c(F)ccc(Br)c1F. The Morgan fingerprint density at radius 2 is 2.06 bits per heavy atom. The molecule has 102 valence electrons. The third-order valence-corrected chi connectivity index (χ3v) is 3.37. The van der Waals surface area contributed by atoms with Gasteiger partial charge in [-0.05, 0) is 46.8 Å². The van der Waals surface area contributed by atoms with Gasteiger partial charge in [-0.3, -0.25) is 0 Å². The quantitative estimate of drug-likeness (QED) is 0.816. The smallest absolute Gasteiger partial charge is 0.143 e. The summed E-state index contributed by atoms with van der Waals surface area (Å²) in [5.41, 5.74) is 5.96. The molecule has 0 aliphatic heterocycles. The van der Waals surface area contributed by atoms with Gasteiger partial charge in [0.25, 0.3) is 0 Å². The molecule has 2 N–H and O–H groups in total. The van der Waals surface area contributed by atoms with Crippen molar-refractivity contribution >= 4 is 15.9 Å². The lowest BCUT2D eigenvalue weighted by atomic mass is 9.97. The van der Waals surface area contributed by atoms with Crippen LogP contribution in [0.25, 0.3) is 0 Å². The maximum atomic E-state index is 13.7. The standard InChI is InChI=1S/C13H18BrF2NO/c1-8(7-18-2)5-9(17)6-10-12(15)4-3-11(14)13(10)16/h3-4,8-9H,5-7,17H2,1-2H3. The van der Waals surface area contributed by atoms with E-state index in [1.165, 1.54) is 12.1 Å². The van der Waals surface area contributed by atoms with Crippen LogP contribution in [0.5, 0.6) is 0 Å². The molecule has 0 bridgehead atoms. The van der Waals surface area contributed by atoms with Gasteiger partial charge in [-0.15, -0.1) is 0 Å². The zero-order valence-corrected chi connectivity index (χ0v) is 12.1. The van der Waals surface area contributed by atoms with Crippen LogP contribution in [-0.4, -0.2) is 19.8 Å². The third kappa shape index (κ3) is 4.30. The first kappa shape index (κ1) is 15.5. The summed E-state index contributed by atoms with van der Waals surface area (Å²) in [5, 5.41) is 0. The fourth-order valence-electron chi connectivity index (χ4n) is 1.97. The van der Waals surface area contributed by atoms with Crippen LogP contribution in [0.15, 0.2) is 16.6 Å². The van der Waals surface area contributed by atoms with Crippen LogP contribution in [0.1, 0.15) is 18.9 Å². The van der Waals surface area contributed by atoms with E-state index >= 15 is 0 Å². The minimum atomic E-state index is -0.565. The molecule has 0 heterocycles. The van der Waals surface area contributed by atoms with Crippen molar-refractivity contribution in [3.8, 4) is 0 Å². The first-order valence-corrected chi connectivity index (χ1v) is 6.61. The van der Waals surface area contributed by atoms with Crippen molar-refractivity contribution in [3.05, 3.63) is 33.8 Å². The lowest BCUT2D eigenvalue weighted by Crippen LogP contribution is -2.27. The number of ether oxygens (including phenoxy) is 1. The summed E-state index contributed by atoms with van der Waals surface area (Å²) in [6.45, 7) is 2.59. The number of methoxy groups -OCH3 is 1. The van der Waals surface area contributed by atoms with Crippen LogP contribution in [-0.2, 0) is 11.2 Å². The van der Waals surface area contributed by atoms with Crippen LogP contribution >= 0.6 is 15.9 Å². The summed E-state index contributed by atoms with van der Waals surface area (Å²) in [6.07, 6.45) is 0.852. The van der Waals surface area contributed by atoms with Crippen molar-refractivity contribution in [1.82, 2.24) is 0 Å². The number of benzene rings is 1. The van der Waals surface area contributed by atoms with Gasteiger partial charge in [-0.2, -0.15) is 0 Å². The largest absolute Gasteiger partial charge is 0.384 e. The summed E-state index contributed by atoms with van der Waals surface area (Å²) in [7, 11) is 1.62. The van der Waals surface area contributed by atoms with Gasteiger partial charge < -0.3 is 10.5 Å². The molecule has 2 nitrogen and oxygen atoms in total. The highest BCUT2D eigenvalue weighted by molar-refractivity contribution is 9.10. The van der Waals surface area contributed by atoms with E-state index in [1.54, 1.807) is 7.11 Å². The summed E-state index contributed by atoms with van der Waals surface area (Å²) < 4.78 is 32.5. The van der Waals surface area contributed by atoms with E-state index in [4.69, 9.17) is 10.5 Å².